The molecule has 2 aromatic carbocycles. The van der Waals surface area contributed by atoms with Gasteiger partial charge in [-0.3, -0.25) is 9.59 Å². The number of hydrogen-bond acceptors (Lipinski definition) is 11. The summed E-state index contributed by atoms with van der Waals surface area (Å²) in [5, 5.41) is 8.50. The van der Waals surface area contributed by atoms with Crippen LogP contribution in [0.2, 0.25) is 0 Å². The van der Waals surface area contributed by atoms with Gasteiger partial charge in [0.05, 0.1) is 47.5 Å². The highest BCUT2D eigenvalue weighted by Gasteiger charge is 2.50. The van der Waals surface area contributed by atoms with Gasteiger partial charge in [-0.05, 0) is 43.7 Å². The van der Waals surface area contributed by atoms with E-state index >= 15 is 13.2 Å². The molecule has 2 fully saturated rings. The molecule has 60 heavy (non-hydrogen) atoms. The van der Waals surface area contributed by atoms with Crippen LogP contribution in [-0.2, 0) is 27.3 Å². The summed E-state index contributed by atoms with van der Waals surface area (Å²) in [5.41, 5.74) is 2.70. The molecule has 0 saturated carbocycles. The number of alkyl halides is 2. The van der Waals surface area contributed by atoms with Gasteiger partial charge < -0.3 is 34.1 Å². The Kier molecular flexibility index (Phi) is 8.92. The number of benzene rings is 2. The fourth-order valence-electron chi connectivity index (χ4n) is 9.02. The second-order valence-corrected chi connectivity index (χ2v) is 15.9. The molecular formula is C41H39F4N11O4. The molecule has 0 aliphatic carbocycles. The lowest BCUT2D eigenvalue weighted by molar-refractivity contribution is -0.134. The van der Waals surface area contributed by atoms with Crippen LogP contribution < -0.4 is 15.0 Å². The van der Waals surface area contributed by atoms with Crippen molar-refractivity contribution >= 4 is 45.5 Å². The molecule has 8 bridgehead atoms. The first-order chi connectivity index (χ1) is 28.8. The van der Waals surface area contributed by atoms with E-state index in [0.717, 1.165) is 11.0 Å². The number of fused-ring (bicyclic) bond motifs is 10. The molecule has 4 aliphatic rings. The maximum atomic E-state index is 15.6. The second kappa shape index (κ2) is 14.1. The van der Waals surface area contributed by atoms with Gasteiger partial charge in [-0.2, -0.15) is 5.10 Å². The first-order valence-corrected chi connectivity index (χ1v) is 19.6. The first-order valence-electron chi connectivity index (χ1n) is 19.6. The summed E-state index contributed by atoms with van der Waals surface area (Å²) in [6.45, 7) is 0.869. The number of amides is 2. The Balaban J connectivity index is 1.11. The van der Waals surface area contributed by atoms with Gasteiger partial charge in [-0.25, -0.2) is 42.2 Å². The first kappa shape index (κ1) is 37.9. The standard InChI is InChI=1S/C41H39F4N11O4/c1-21-47-30-11-24(43)10-27-29-5-4-6-34(49-29)48-25-13-32(40(58)52(2)17-26(59-3)18-54(21)37(27)30)55(16-25)38-28-14-46-56-31-8-7-23(42)12-33(31)60-19-36(57)53-15-22(41(44,45)20-53)9-35(50-38)51-39(28)56/h4-8,10-12,14,22,25-26,32H,9,13,15-20H2,1-3H3,(H,48,49)/t22?,25-,26-,32-/m0/s1. The predicted molar refractivity (Wildman–Crippen MR) is 210 cm³/mol. The van der Waals surface area contributed by atoms with Crippen molar-refractivity contribution in [1.82, 2.24) is 44.1 Å². The number of imidazole rings is 1. The number of hydrogen-bond donors (Lipinski definition) is 1. The SMILES string of the molecule is CO[C@H]1CN(C)C(=O)[C@@H]2C[C@@H](CN2c2nc3nc4c2cnn4-c2ccc(F)cc2OCC(=O)N2CC(C3)C(F)(F)C2)Nc2cccc(n2)-c2cc(F)cc3nc(C)n(c23)C1. The molecule has 0 spiro atoms. The Hall–Kier alpha value is -6.37. The minimum absolute atomic E-state index is 0.0375. The number of halogens is 4. The lowest BCUT2D eigenvalue weighted by Gasteiger charge is -2.31. The van der Waals surface area contributed by atoms with Crippen molar-refractivity contribution in [3.8, 4) is 22.7 Å². The number of likely N-dealkylation sites (N-methyl/N-ethyl adjacent to an activating group) is 1. The van der Waals surface area contributed by atoms with Crippen LogP contribution in [0, 0.1) is 24.5 Å². The monoisotopic (exact) mass is 825 g/mol. The molecule has 2 saturated heterocycles. The number of nitrogens with one attached hydrogen (secondary N) is 1. The fraction of sp³-hybridized carbons (Fsp3) is 0.390. The summed E-state index contributed by atoms with van der Waals surface area (Å²) in [6.07, 6.45) is 1.01. The minimum atomic E-state index is -3.26. The number of nitrogens with zero attached hydrogens (tertiary/aromatic N) is 10. The lowest BCUT2D eigenvalue weighted by atomic mass is 10.0. The molecule has 2 amide bonds. The van der Waals surface area contributed by atoms with E-state index in [2.05, 4.69) is 15.4 Å². The van der Waals surface area contributed by atoms with Gasteiger partial charge in [0.25, 0.3) is 11.8 Å². The molecule has 6 aromatic rings. The predicted octanol–water partition coefficient (Wildman–Crippen LogP) is 4.39. The van der Waals surface area contributed by atoms with Crippen LogP contribution in [0.1, 0.15) is 18.1 Å². The van der Waals surface area contributed by atoms with Crippen molar-refractivity contribution in [2.45, 2.75) is 50.4 Å². The Bertz CT molecular complexity index is 2720. The number of rotatable bonds is 2. The number of carbonyl (C=O) groups is 2. The van der Waals surface area contributed by atoms with Crippen LogP contribution in [0.3, 0.4) is 0 Å². The van der Waals surface area contributed by atoms with E-state index in [1.54, 1.807) is 31.2 Å². The van der Waals surface area contributed by atoms with E-state index in [-0.39, 0.29) is 66.7 Å². The van der Waals surface area contributed by atoms with Crippen molar-refractivity contribution in [3.05, 3.63) is 78.0 Å². The Morgan fingerprint density at radius 2 is 1.82 bits per heavy atom. The van der Waals surface area contributed by atoms with Crippen LogP contribution in [0.5, 0.6) is 5.75 Å². The van der Waals surface area contributed by atoms with Gasteiger partial charge in [0, 0.05) is 69.9 Å². The maximum absolute atomic E-state index is 15.6. The van der Waals surface area contributed by atoms with Gasteiger partial charge in [0.1, 0.15) is 52.4 Å². The molecule has 15 nitrogen and oxygen atoms in total. The van der Waals surface area contributed by atoms with Crippen LogP contribution in [-0.4, -0.2) is 127 Å². The van der Waals surface area contributed by atoms with Gasteiger partial charge in [-0.15, -0.1) is 0 Å². The molecule has 4 atom stereocenters. The number of aryl methyl sites for hydroxylation is 1. The molecule has 8 heterocycles. The topological polar surface area (TPSA) is 149 Å². The van der Waals surface area contributed by atoms with Crippen LogP contribution in [0.4, 0.5) is 29.2 Å². The summed E-state index contributed by atoms with van der Waals surface area (Å²) in [7, 11) is 3.26. The Morgan fingerprint density at radius 3 is 2.65 bits per heavy atom. The van der Waals surface area contributed by atoms with Gasteiger partial charge in [0.2, 0.25) is 5.91 Å². The van der Waals surface area contributed by atoms with E-state index in [4.69, 9.17) is 24.4 Å². The quantitative estimate of drug-likeness (QED) is 0.248. The van der Waals surface area contributed by atoms with Crippen LogP contribution in [0.15, 0.2) is 54.7 Å². The highest BCUT2D eigenvalue weighted by molar-refractivity contribution is 5.94. The summed E-state index contributed by atoms with van der Waals surface area (Å²) >= 11 is 0. The molecular weight excluding hydrogens is 787 g/mol. The van der Waals surface area contributed by atoms with Crippen molar-refractivity contribution < 1.29 is 36.6 Å². The zero-order valence-corrected chi connectivity index (χ0v) is 32.8. The Labute approximate surface area is 339 Å². The summed E-state index contributed by atoms with van der Waals surface area (Å²) in [6, 6.07) is 10.8. The van der Waals surface area contributed by atoms with Gasteiger partial charge >= 0.3 is 0 Å². The van der Waals surface area contributed by atoms with E-state index in [1.807, 2.05) is 22.5 Å². The highest BCUT2D eigenvalue weighted by atomic mass is 19.3. The Morgan fingerprint density at radius 1 is 0.967 bits per heavy atom. The lowest BCUT2D eigenvalue weighted by Crippen LogP contribution is -2.47. The van der Waals surface area contributed by atoms with E-state index in [1.165, 1.54) is 35.1 Å². The van der Waals surface area contributed by atoms with Crippen molar-refractivity contribution in [2.24, 2.45) is 5.92 Å². The molecule has 0 radical (unpaired) electrons. The molecule has 310 valence electrons. The second-order valence-electron chi connectivity index (χ2n) is 15.9. The smallest absolute Gasteiger partial charge is 0.270 e. The van der Waals surface area contributed by atoms with Crippen molar-refractivity contribution in [1.29, 1.82) is 0 Å². The maximum Gasteiger partial charge on any atom is 0.270 e. The van der Waals surface area contributed by atoms with Gasteiger partial charge in [0.15, 0.2) is 12.3 Å². The third-order valence-electron chi connectivity index (χ3n) is 12.0. The molecule has 4 aliphatic heterocycles. The number of pyridine rings is 1. The summed E-state index contributed by atoms with van der Waals surface area (Å²) < 4.78 is 76.1. The summed E-state index contributed by atoms with van der Waals surface area (Å²) in [5.74, 6) is -5.16. The third kappa shape index (κ3) is 6.42. The minimum Gasteiger partial charge on any atom is -0.481 e. The van der Waals surface area contributed by atoms with Gasteiger partial charge in [-0.1, -0.05) is 6.07 Å². The molecule has 1 N–H and O–H groups in total. The molecule has 19 heteroatoms. The molecule has 1 unspecified atom stereocenters. The zero-order valence-electron chi connectivity index (χ0n) is 32.8. The third-order valence-corrected chi connectivity index (χ3v) is 12.0. The van der Waals surface area contributed by atoms with E-state index in [9.17, 15) is 14.0 Å². The number of anilines is 2. The molecule has 10 rings (SSSR count). The summed E-state index contributed by atoms with van der Waals surface area (Å²) in [4.78, 5) is 51.6. The molecule has 4 aromatic heterocycles. The zero-order chi connectivity index (χ0) is 41.6. The van der Waals surface area contributed by atoms with Crippen molar-refractivity contribution in [3.63, 3.8) is 0 Å². The van der Waals surface area contributed by atoms with E-state index < -0.39 is 54.7 Å². The number of carbonyl (C=O) groups excluding carboxylic acids is 2. The number of aromatic nitrogens is 7. The normalized spacial score (nSPS) is 22.8. The fourth-order valence-corrected chi connectivity index (χ4v) is 9.02. The number of methoxy groups -OCH3 is 1. The average Bonchev–Trinajstić information content (AvgIpc) is 3.98. The highest BCUT2D eigenvalue weighted by Crippen LogP contribution is 2.39. The van der Waals surface area contributed by atoms with E-state index in [0.29, 0.717) is 52.3 Å². The van der Waals surface area contributed by atoms with Crippen molar-refractivity contribution in [2.75, 3.05) is 57.2 Å². The average molecular weight is 826 g/mol. The number of ether oxygens (including phenoxy) is 2. The largest absolute Gasteiger partial charge is 0.481 e. The van der Waals surface area contributed by atoms with Crippen LogP contribution in [0.25, 0.3) is 39.0 Å². The van der Waals surface area contributed by atoms with Crippen LogP contribution >= 0.6 is 0 Å².